The minimum absolute atomic E-state index is 0.191. The fourth-order valence-electron chi connectivity index (χ4n) is 4.77. The molecule has 5 rings (SSSR count). The highest BCUT2D eigenvalue weighted by atomic mass is 79.9. The summed E-state index contributed by atoms with van der Waals surface area (Å²) in [5.74, 6) is -0.499. The molecule has 1 aromatic carbocycles. The van der Waals surface area contributed by atoms with Crippen LogP contribution in [-0.2, 0) is 16.1 Å². The van der Waals surface area contributed by atoms with Gasteiger partial charge in [-0.15, -0.1) is 0 Å². The molecule has 206 valence electrons. The highest BCUT2D eigenvalue weighted by Crippen LogP contribution is 2.32. The van der Waals surface area contributed by atoms with Crippen molar-refractivity contribution in [3.63, 3.8) is 0 Å². The molecule has 0 saturated carbocycles. The Bertz CT molecular complexity index is 1630. The minimum Gasteiger partial charge on any atom is -0.327 e. The molecule has 2 amide bonds. The van der Waals surface area contributed by atoms with Crippen molar-refractivity contribution in [3.05, 3.63) is 64.9 Å². The molecule has 4 aromatic rings. The Hall–Kier alpha value is -4.10. The molecule has 0 spiro atoms. The zero-order chi connectivity index (χ0) is 28.6. The van der Waals surface area contributed by atoms with Crippen molar-refractivity contribution in [2.45, 2.75) is 38.5 Å². The molecule has 0 aliphatic carbocycles. The first kappa shape index (κ1) is 27.5. The molecule has 4 heterocycles. The molecule has 0 radical (unpaired) electrons. The number of alkyl halides is 1. The largest absolute Gasteiger partial charge is 0.327 e. The average Bonchev–Trinajstić information content (AvgIpc) is 3.47. The maximum absolute atomic E-state index is 15.4. The van der Waals surface area contributed by atoms with E-state index >= 15 is 4.39 Å². The summed E-state index contributed by atoms with van der Waals surface area (Å²) >= 11 is 3.25. The number of aryl methyl sites for hydroxylation is 1. The van der Waals surface area contributed by atoms with Crippen LogP contribution in [0.3, 0.4) is 0 Å². The van der Waals surface area contributed by atoms with Crippen LogP contribution < -0.4 is 11.1 Å². The van der Waals surface area contributed by atoms with E-state index in [1.54, 1.807) is 49.6 Å². The summed E-state index contributed by atoms with van der Waals surface area (Å²) in [6, 6.07) is 9.24. The number of ketones is 1. The lowest BCUT2D eigenvalue weighted by molar-refractivity contribution is -0.137. The van der Waals surface area contributed by atoms with Gasteiger partial charge in [-0.3, -0.25) is 19.1 Å². The van der Waals surface area contributed by atoms with Crippen molar-refractivity contribution in [1.29, 1.82) is 0 Å². The van der Waals surface area contributed by atoms with Crippen molar-refractivity contribution in [2.24, 2.45) is 5.73 Å². The van der Waals surface area contributed by atoms with Crippen LogP contribution in [0, 0.1) is 6.92 Å². The number of likely N-dealkylation sites (tertiary alicyclic amines) is 1. The van der Waals surface area contributed by atoms with Crippen LogP contribution in [-0.4, -0.2) is 72.0 Å². The van der Waals surface area contributed by atoms with Gasteiger partial charge >= 0.3 is 0 Å². The number of nitrogens with two attached hydrogens (primary N) is 1. The summed E-state index contributed by atoms with van der Waals surface area (Å²) in [4.78, 5) is 52.9. The number of pyridine rings is 1. The summed E-state index contributed by atoms with van der Waals surface area (Å²) in [5.41, 5.74) is 6.02. The Morgan fingerprint density at radius 3 is 2.60 bits per heavy atom. The second-order valence-electron chi connectivity index (χ2n) is 9.74. The third-order valence-corrected chi connectivity index (χ3v) is 7.27. The number of benzene rings is 1. The molecule has 0 unspecified atom stereocenters. The number of hydrogen-bond acceptors (Lipinski definition) is 8. The van der Waals surface area contributed by atoms with Gasteiger partial charge in [-0.2, -0.15) is 5.10 Å². The Morgan fingerprint density at radius 2 is 1.93 bits per heavy atom. The molecule has 1 saturated heterocycles. The molecule has 1 fully saturated rings. The summed E-state index contributed by atoms with van der Waals surface area (Å²) in [5, 5.41) is 7.61. The first-order valence-electron chi connectivity index (χ1n) is 12.5. The van der Waals surface area contributed by atoms with Crippen LogP contribution in [0.1, 0.15) is 29.7 Å². The summed E-state index contributed by atoms with van der Waals surface area (Å²) in [6.45, 7) is 2.18. The van der Waals surface area contributed by atoms with Crippen LogP contribution in [0.4, 0.5) is 10.2 Å². The topological polar surface area (TPSA) is 149 Å². The molecule has 13 heteroatoms. The summed E-state index contributed by atoms with van der Waals surface area (Å²) < 4.78 is 17.3. The van der Waals surface area contributed by atoms with Gasteiger partial charge in [-0.1, -0.05) is 12.1 Å². The molecule has 1 aliphatic rings. The fraction of sp³-hybridized carbons (Fsp3) is 0.296. The minimum atomic E-state index is -1.93. The number of carbonyl (C=O) groups excluding carboxylic acids is 3. The van der Waals surface area contributed by atoms with E-state index in [0.29, 0.717) is 21.3 Å². The van der Waals surface area contributed by atoms with Gasteiger partial charge in [0.05, 0.1) is 12.1 Å². The predicted octanol–water partition coefficient (Wildman–Crippen LogP) is 3.07. The zero-order valence-corrected chi connectivity index (χ0v) is 23.4. The van der Waals surface area contributed by atoms with Gasteiger partial charge in [0.2, 0.25) is 11.8 Å². The van der Waals surface area contributed by atoms with E-state index in [1.807, 2.05) is 6.07 Å². The number of rotatable bonds is 7. The predicted molar refractivity (Wildman–Crippen MR) is 149 cm³/mol. The second kappa shape index (κ2) is 10.8. The van der Waals surface area contributed by atoms with E-state index in [1.165, 1.54) is 16.5 Å². The number of anilines is 1. The number of Topliss-reactive ketones (excluding diaryl/α,β-unsaturated/α-hetero) is 1. The Labute approximate surface area is 237 Å². The monoisotopic (exact) mass is 608 g/mol. The van der Waals surface area contributed by atoms with Gasteiger partial charge in [0.25, 0.3) is 0 Å². The lowest BCUT2D eigenvalue weighted by Crippen LogP contribution is -2.45. The third-order valence-electron chi connectivity index (χ3n) is 6.83. The van der Waals surface area contributed by atoms with Crippen molar-refractivity contribution in [3.8, 4) is 11.1 Å². The van der Waals surface area contributed by atoms with Gasteiger partial charge in [0.15, 0.2) is 5.78 Å². The Morgan fingerprint density at radius 1 is 1.18 bits per heavy atom. The fourth-order valence-corrected chi connectivity index (χ4v) is 5.11. The number of nitrogens with zero attached hydrogens (tertiary/aromatic N) is 6. The highest BCUT2D eigenvalue weighted by Gasteiger charge is 2.48. The van der Waals surface area contributed by atoms with Crippen molar-refractivity contribution >= 4 is 50.2 Å². The number of fused-ring (bicyclic) bond motifs is 1. The number of nitrogens with one attached hydrogen (secondary N) is 1. The Balaban J connectivity index is 1.44. The van der Waals surface area contributed by atoms with Crippen molar-refractivity contribution < 1.29 is 18.8 Å². The van der Waals surface area contributed by atoms with Crippen molar-refractivity contribution in [1.82, 2.24) is 29.6 Å². The molecule has 2 atom stereocenters. The first-order valence-corrected chi connectivity index (χ1v) is 13.3. The SMILES string of the molecule is CC(=O)c1nn(CC(=O)N2C[C@@](F)(CN)C[C@H]2C(=O)Nc2cccc(Br)n2)c2ccc(-c3cnc(C)nc3)cc12. The van der Waals surface area contributed by atoms with Crippen molar-refractivity contribution in [2.75, 3.05) is 18.4 Å². The lowest BCUT2D eigenvalue weighted by Gasteiger charge is -2.24. The second-order valence-corrected chi connectivity index (χ2v) is 10.6. The molecule has 11 nitrogen and oxygen atoms in total. The van der Waals surface area contributed by atoms with Crippen LogP contribution >= 0.6 is 15.9 Å². The van der Waals surface area contributed by atoms with Crippen LogP contribution in [0.15, 0.2) is 53.4 Å². The molecule has 40 heavy (non-hydrogen) atoms. The number of carbonyl (C=O) groups is 3. The van der Waals surface area contributed by atoms with Gasteiger partial charge in [0, 0.05) is 43.2 Å². The van der Waals surface area contributed by atoms with E-state index in [4.69, 9.17) is 5.73 Å². The molecule has 1 aliphatic heterocycles. The normalized spacial score (nSPS) is 18.7. The molecule has 3 N–H and O–H groups in total. The zero-order valence-electron chi connectivity index (χ0n) is 21.8. The summed E-state index contributed by atoms with van der Waals surface area (Å²) in [6.07, 6.45) is 3.12. The number of halogens is 2. The van der Waals surface area contributed by atoms with Gasteiger partial charge in [-0.05, 0) is 52.7 Å². The maximum atomic E-state index is 15.4. The summed E-state index contributed by atoms with van der Waals surface area (Å²) in [7, 11) is 0. The smallest absolute Gasteiger partial charge is 0.248 e. The van der Waals surface area contributed by atoms with Gasteiger partial charge in [-0.25, -0.2) is 19.3 Å². The standard InChI is InChI=1S/C27H26BrFN8O3/c1-15(38)25-19-8-17(18-10-31-16(2)32-11-18)6-7-20(19)37(35-25)12-24(39)36-14-27(29,13-30)9-21(36)26(40)34-23-5-3-4-22(28)33-23/h3-8,10-11,21H,9,12-14,30H2,1-2H3,(H,33,34,40)/t21-,27-/m0/s1. The van der Waals surface area contributed by atoms with Gasteiger partial charge in [0.1, 0.15) is 40.2 Å². The molecule has 0 bridgehead atoms. The van der Waals surface area contributed by atoms with Gasteiger partial charge < -0.3 is 16.0 Å². The maximum Gasteiger partial charge on any atom is 0.248 e. The number of hydrogen-bond donors (Lipinski definition) is 2. The molecular formula is C27H26BrFN8O3. The van der Waals surface area contributed by atoms with E-state index in [2.05, 4.69) is 41.3 Å². The number of amides is 2. The lowest BCUT2D eigenvalue weighted by atomic mass is 10.0. The highest BCUT2D eigenvalue weighted by molar-refractivity contribution is 9.10. The molecular weight excluding hydrogens is 583 g/mol. The van der Waals surface area contributed by atoms with Crippen LogP contribution in [0.25, 0.3) is 22.0 Å². The van der Waals surface area contributed by atoms with Crippen LogP contribution in [0.2, 0.25) is 0 Å². The molecule has 3 aromatic heterocycles. The van der Waals surface area contributed by atoms with E-state index in [0.717, 1.165) is 11.1 Å². The third kappa shape index (κ3) is 5.47. The van der Waals surface area contributed by atoms with E-state index < -0.39 is 23.5 Å². The van der Waals surface area contributed by atoms with E-state index in [9.17, 15) is 14.4 Å². The van der Waals surface area contributed by atoms with E-state index in [-0.39, 0.29) is 43.4 Å². The first-order chi connectivity index (χ1) is 19.1. The number of aromatic nitrogens is 5. The average molecular weight is 609 g/mol. The van der Waals surface area contributed by atoms with Crippen LogP contribution in [0.5, 0.6) is 0 Å². The quantitative estimate of drug-likeness (QED) is 0.240. The Kier molecular flexibility index (Phi) is 7.43.